The zero-order chi connectivity index (χ0) is 48.7. The average molecular weight is 951 g/mol. The van der Waals surface area contributed by atoms with Crippen molar-refractivity contribution in [3.05, 3.63) is 24.3 Å². The molecule has 1 fully saturated rings. The molecule has 1 aliphatic heterocycles. The van der Waals surface area contributed by atoms with Crippen LogP contribution in [0.4, 0.5) is 0 Å². The molecule has 0 aromatic rings. The average Bonchev–Trinajstić information content (AvgIpc) is 3.33. The number of aliphatic hydroxyl groups is 5. The van der Waals surface area contributed by atoms with Crippen molar-refractivity contribution in [1.29, 1.82) is 0 Å². The highest BCUT2D eigenvalue weighted by Gasteiger charge is 2.44. The Bertz CT molecular complexity index is 1100. The molecule has 1 amide bonds. The predicted molar refractivity (Wildman–Crippen MR) is 281 cm³/mol. The number of amides is 1. The molecule has 7 unspecified atom stereocenters. The van der Waals surface area contributed by atoms with Crippen LogP contribution in [-0.4, -0.2) is 87.5 Å². The van der Waals surface area contributed by atoms with Crippen molar-refractivity contribution in [2.24, 2.45) is 0 Å². The predicted octanol–water partition coefficient (Wildman–Crippen LogP) is 14.2. The van der Waals surface area contributed by atoms with Crippen molar-refractivity contribution < 1.29 is 39.8 Å². The van der Waals surface area contributed by atoms with Gasteiger partial charge in [0.25, 0.3) is 0 Å². The summed E-state index contributed by atoms with van der Waals surface area (Å²) in [5, 5.41) is 54.6. The summed E-state index contributed by atoms with van der Waals surface area (Å²) in [7, 11) is 0. The van der Waals surface area contributed by atoms with Gasteiger partial charge in [0.2, 0.25) is 5.91 Å². The Kier molecular flexibility index (Phi) is 45.9. The van der Waals surface area contributed by atoms with Crippen molar-refractivity contribution in [1.82, 2.24) is 5.32 Å². The molecule has 0 spiro atoms. The quantitative estimate of drug-likeness (QED) is 0.0261. The van der Waals surface area contributed by atoms with E-state index in [1.165, 1.54) is 212 Å². The number of ether oxygens (including phenoxy) is 2. The SMILES string of the molecule is CCCCCCCCCCC/C=C\C/C=C\CCCCCCCCCCCCCCCC(=O)NC(COC1OC(CO)C(O)C(O)C1O)C(O)CCCCCCCCCCCCCCCCC. The van der Waals surface area contributed by atoms with E-state index in [9.17, 15) is 30.3 Å². The third-order valence-corrected chi connectivity index (χ3v) is 14.1. The van der Waals surface area contributed by atoms with E-state index in [0.717, 1.165) is 44.9 Å². The first-order valence-electron chi connectivity index (χ1n) is 29.0. The largest absolute Gasteiger partial charge is 0.394 e. The van der Waals surface area contributed by atoms with E-state index in [0.29, 0.717) is 12.8 Å². The van der Waals surface area contributed by atoms with Gasteiger partial charge >= 0.3 is 0 Å². The van der Waals surface area contributed by atoms with Crippen LogP contribution in [0.15, 0.2) is 24.3 Å². The van der Waals surface area contributed by atoms with Gasteiger partial charge in [-0.15, -0.1) is 0 Å². The van der Waals surface area contributed by atoms with Crippen molar-refractivity contribution in [2.45, 2.75) is 326 Å². The molecule has 7 atom stereocenters. The summed E-state index contributed by atoms with van der Waals surface area (Å²) >= 11 is 0. The smallest absolute Gasteiger partial charge is 0.220 e. The second-order valence-corrected chi connectivity index (χ2v) is 20.4. The molecule has 9 nitrogen and oxygen atoms in total. The van der Waals surface area contributed by atoms with E-state index in [4.69, 9.17) is 9.47 Å². The lowest BCUT2D eigenvalue weighted by atomic mass is 9.99. The van der Waals surface area contributed by atoms with Crippen molar-refractivity contribution in [2.75, 3.05) is 13.2 Å². The van der Waals surface area contributed by atoms with Gasteiger partial charge in [-0.2, -0.15) is 0 Å². The molecular weight excluding hydrogens is 839 g/mol. The van der Waals surface area contributed by atoms with Crippen LogP contribution < -0.4 is 5.32 Å². The van der Waals surface area contributed by atoms with Crippen LogP contribution in [0, 0.1) is 0 Å². The van der Waals surface area contributed by atoms with E-state index >= 15 is 0 Å². The number of nitrogens with one attached hydrogen (secondary N) is 1. The number of unbranched alkanes of at least 4 members (excludes halogenated alkanes) is 36. The standard InChI is InChI=1S/C58H111NO8/c1-3-5-7-9-11-13-15-17-19-20-21-22-23-24-25-26-27-28-29-30-31-32-34-36-38-40-42-44-46-48-54(62)59-51(50-66-58-57(65)56(64)55(63)53(49-60)67-58)52(61)47-45-43-41-39-37-35-33-18-16-14-12-10-8-6-4-2/h21-22,24-25,51-53,55-58,60-61,63-65H,3-20,23,26-50H2,1-2H3,(H,59,62)/b22-21-,25-24-. The molecule has 1 rings (SSSR count). The number of allylic oxidation sites excluding steroid dienone is 4. The van der Waals surface area contributed by atoms with E-state index in [1.807, 2.05) is 0 Å². The Balaban J connectivity index is 2.15. The molecule has 0 aromatic carbocycles. The number of hydrogen-bond donors (Lipinski definition) is 6. The Morgan fingerprint density at radius 1 is 0.507 bits per heavy atom. The Morgan fingerprint density at radius 2 is 0.881 bits per heavy atom. The van der Waals surface area contributed by atoms with Crippen LogP contribution in [-0.2, 0) is 14.3 Å². The minimum atomic E-state index is -1.55. The highest BCUT2D eigenvalue weighted by Crippen LogP contribution is 2.23. The lowest BCUT2D eigenvalue weighted by Crippen LogP contribution is -2.60. The van der Waals surface area contributed by atoms with E-state index in [1.54, 1.807) is 0 Å². The fourth-order valence-electron chi connectivity index (χ4n) is 9.43. The summed E-state index contributed by atoms with van der Waals surface area (Å²) in [6, 6.07) is -0.717. The summed E-state index contributed by atoms with van der Waals surface area (Å²) in [5.41, 5.74) is 0. The lowest BCUT2D eigenvalue weighted by molar-refractivity contribution is -0.302. The molecule has 0 bridgehead atoms. The molecule has 6 N–H and O–H groups in total. The van der Waals surface area contributed by atoms with Crippen LogP contribution in [0.3, 0.4) is 0 Å². The van der Waals surface area contributed by atoms with Gasteiger partial charge in [0.1, 0.15) is 24.4 Å². The number of carbonyl (C=O) groups is 1. The van der Waals surface area contributed by atoms with Gasteiger partial charge in [0, 0.05) is 6.42 Å². The van der Waals surface area contributed by atoms with Crippen molar-refractivity contribution >= 4 is 5.91 Å². The number of aliphatic hydroxyl groups excluding tert-OH is 5. The summed E-state index contributed by atoms with van der Waals surface area (Å²) in [6.07, 6.45) is 53.5. The van der Waals surface area contributed by atoms with Gasteiger partial charge in [0.05, 0.1) is 25.4 Å². The minimum absolute atomic E-state index is 0.135. The molecule has 9 heteroatoms. The molecular formula is C58H111NO8. The van der Waals surface area contributed by atoms with E-state index in [-0.39, 0.29) is 12.5 Å². The molecule has 396 valence electrons. The summed E-state index contributed by atoms with van der Waals surface area (Å²) in [5.74, 6) is -0.142. The van der Waals surface area contributed by atoms with Crippen LogP contribution in [0.1, 0.15) is 284 Å². The lowest BCUT2D eigenvalue weighted by Gasteiger charge is -2.40. The maximum Gasteiger partial charge on any atom is 0.220 e. The Hall–Kier alpha value is -1.33. The maximum atomic E-state index is 13.1. The van der Waals surface area contributed by atoms with Crippen molar-refractivity contribution in [3.63, 3.8) is 0 Å². The zero-order valence-electron chi connectivity index (χ0n) is 43.9. The van der Waals surface area contributed by atoms with Gasteiger partial charge < -0.3 is 40.3 Å². The zero-order valence-corrected chi connectivity index (χ0v) is 43.9. The third-order valence-electron chi connectivity index (χ3n) is 14.1. The van der Waals surface area contributed by atoms with Gasteiger partial charge in [-0.1, -0.05) is 256 Å². The normalized spacial score (nSPS) is 19.8. The Labute approximate surface area is 413 Å². The molecule has 67 heavy (non-hydrogen) atoms. The number of carbonyl (C=O) groups excluding carboxylic acids is 1. The fourth-order valence-corrected chi connectivity index (χ4v) is 9.43. The van der Waals surface area contributed by atoms with Crippen LogP contribution in [0.25, 0.3) is 0 Å². The molecule has 1 aliphatic rings. The molecule has 1 saturated heterocycles. The number of hydrogen-bond acceptors (Lipinski definition) is 8. The first kappa shape index (κ1) is 63.7. The van der Waals surface area contributed by atoms with Crippen molar-refractivity contribution in [3.8, 4) is 0 Å². The topological polar surface area (TPSA) is 149 Å². The van der Waals surface area contributed by atoms with Gasteiger partial charge in [-0.25, -0.2) is 0 Å². The van der Waals surface area contributed by atoms with Crippen LogP contribution in [0.2, 0.25) is 0 Å². The van der Waals surface area contributed by atoms with Gasteiger partial charge in [-0.05, 0) is 44.9 Å². The summed E-state index contributed by atoms with van der Waals surface area (Å²) in [6.45, 7) is 3.86. The minimum Gasteiger partial charge on any atom is -0.394 e. The molecule has 0 radical (unpaired) electrons. The Morgan fingerprint density at radius 3 is 1.28 bits per heavy atom. The maximum absolute atomic E-state index is 13.1. The molecule has 1 heterocycles. The highest BCUT2D eigenvalue weighted by atomic mass is 16.7. The molecule has 0 saturated carbocycles. The summed E-state index contributed by atoms with van der Waals surface area (Å²) in [4.78, 5) is 13.1. The highest BCUT2D eigenvalue weighted by molar-refractivity contribution is 5.76. The second-order valence-electron chi connectivity index (χ2n) is 20.4. The second kappa shape index (κ2) is 48.3. The van der Waals surface area contributed by atoms with Crippen LogP contribution in [0.5, 0.6) is 0 Å². The first-order chi connectivity index (χ1) is 32.8. The fraction of sp³-hybridized carbons (Fsp3) is 0.914. The first-order valence-corrected chi connectivity index (χ1v) is 29.0. The van der Waals surface area contributed by atoms with E-state index < -0.39 is 49.5 Å². The van der Waals surface area contributed by atoms with Gasteiger partial charge in [-0.3, -0.25) is 4.79 Å². The number of rotatable bonds is 50. The third kappa shape index (κ3) is 38.1. The monoisotopic (exact) mass is 950 g/mol. The van der Waals surface area contributed by atoms with E-state index in [2.05, 4.69) is 43.5 Å². The van der Waals surface area contributed by atoms with Crippen LogP contribution >= 0.6 is 0 Å². The van der Waals surface area contributed by atoms with Gasteiger partial charge in [0.15, 0.2) is 6.29 Å². The molecule has 0 aromatic heterocycles. The molecule has 0 aliphatic carbocycles. The summed E-state index contributed by atoms with van der Waals surface area (Å²) < 4.78 is 11.3.